The summed E-state index contributed by atoms with van der Waals surface area (Å²) in [6.45, 7) is 4.77. The molecule has 7 nitrogen and oxygen atoms in total. The van der Waals surface area contributed by atoms with Gasteiger partial charge in [0.15, 0.2) is 17.1 Å². The molecule has 0 saturated carbocycles. The predicted octanol–water partition coefficient (Wildman–Crippen LogP) is 2.12. The van der Waals surface area contributed by atoms with Crippen LogP contribution in [0.3, 0.4) is 0 Å². The predicted molar refractivity (Wildman–Crippen MR) is 97.8 cm³/mol. The molecule has 3 heterocycles. The van der Waals surface area contributed by atoms with Crippen molar-refractivity contribution in [1.29, 1.82) is 0 Å². The second-order valence-electron chi connectivity index (χ2n) is 6.58. The summed E-state index contributed by atoms with van der Waals surface area (Å²) in [7, 11) is 1.65. The lowest BCUT2D eigenvalue weighted by Crippen LogP contribution is -2.29. The number of benzene rings is 1. The third kappa shape index (κ3) is 3.17. The van der Waals surface area contributed by atoms with Crippen molar-refractivity contribution in [2.24, 2.45) is 0 Å². The standard InChI is InChI=1S/C19H22N4O3/c1-13-9-17-20-15(10-18(24)23(17)21-13)12-22-7-4-8-26-19-14(11-22)5-3-6-16(19)25-2/h3,5-6,9-10,21H,4,7-8,11-12H2,1-2H3. The Labute approximate surface area is 151 Å². The summed E-state index contributed by atoms with van der Waals surface area (Å²) in [5, 5.41) is 3.00. The van der Waals surface area contributed by atoms with E-state index in [4.69, 9.17) is 9.47 Å². The van der Waals surface area contributed by atoms with Crippen molar-refractivity contribution in [3.63, 3.8) is 0 Å². The van der Waals surface area contributed by atoms with Crippen LogP contribution in [0.25, 0.3) is 5.65 Å². The molecule has 0 saturated heterocycles. The second kappa shape index (κ2) is 6.84. The number of nitrogens with one attached hydrogen (secondary N) is 1. The third-order valence-corrected chi connectivity index (χ3v) is 4.56. The largest absolute Gasteiger partial charge is 0.493 e. The quantitative estimate of drug-likeness (QED) is 0.780. The van der Waals surface area contributed by atoms with E-state index in [2.05, 4.69) is 21.0 Å². The molecule has 0 radical (unpaired) electrons. The smallest absolute Gasteiger partial charge is 0.272 e. The molecule has 0 atom stereocenters. The van der Waals surface area contributed by atoms with Crippen molar-refractivity contribution in [3.05, 3.63) is 57.6 Å². The van der Waals surface area contributed by atoms with Gasteiger partial charge in [0, 0.05) is 43.0 Å². The number of aromatic nitrogens is 3. The van der Waals surface area contributed by atoms with Gasteiger partial charge in [-0.15, -0.1) is 0 Å². The number of hydrogen-bond donors (Lipinski definition) is 1. The van der Waals surface area contributed by atoms with E-state index in [9.17, 15) is 4.79 Å². The van der Waals surface area contributed by atoms with Crippen molar-refractivity contribution in [3.8, 4) is 11.5 Å². The molecule has 0 amide bonds. The Morgan fingerprint density at radius 1 is 1.35 bits per heavy atom. The first-order chi connectivity index (χ1) is 12.6. The summed E-state index contributed by atoms with van der Waals surface area (Å²) in [6.07, 6.45) is 0.905. The number of para-hydroxylation sites is 1. The molecular formula is C19H22N4O3. The number of aryl methyl sites for hydroxylation is 1. The molecule has 0 unspecified atom stereocenters. The SMILES string of the molecule is COc1cccc2c1OCCCN(Cc1cc(=O)n3[nH]c(C)cc3n1)C2. The minimum absolute atomic E-state index is 0.0875. The van der Waals surface area contributed by atoms with E-state index in [1.165, 1.54) is 4.52 Å². The van der Waals surface area contributed by atoms with E-state index >= 15 is 0 Å². The molecule has 1 N–H and O–H groups in total. The van der Waals surface area contributed by atoms with Gasteiger partial charge in [-0.2, -0.15) is 0 Å². The molecule has 26 heavy (non-hydrogen) atoms. The molecule has 136 valence electrons. The molecule has 1 aliphatic heterocycles. The van der Waals surface area contributed by atoms with Gasteiger partial charge in [0.05, 0.1) is 19.4 Å². The lowest BCUT2D eigenvalue weighted by atomic mass is 10.1. The number of fused-ring (bicyclic) bond motifs is 2. The zero-order valence-electron chi connectivity index (χ0n) is 15.0. The maximum absolute atomic E-state index is 12.3. The van der Waals surface area contributed by atoms with Gasteiger partial charge in [-0.05, 0) is 19.4 Å². The normalized spacial score (nSPS) is 15.2. The highest BCUT2D eigenvalue weighted by atomic mass is 16.5. The highest BCUT2D eigenvalue weighted by Crippen LogP contribution is 2.33. The van der Waals surface area contributed by atoms with Crippen LogP contribution < -0.4 is 15.0 Å². The molecular weight excluding hydrogens is 332 g/mol. The van der Waals surface area contributed by atoms with Crippen molar-refractivity contribution in [2.75, 3.05) is 20.3 Å². The molecule has 0 fully saturated rings. The number of aromatic amines is 1. The first-order valence-corrected chi connectivity index (χ1v) is 8.73. The first kappa shape index (κ1) is 16.7. The van der Waals surface area contributed by atoms with Crippen LogP contribution in [0.15, 0.2) is 35.1 Å². The zero-order valence-corrected chi connectivity index (χ0v) is 15.0. The molecule has 0 spiro atoms. The lowest BCUT2D eigenvalue weighted by Gasteiger charge is -2.26. The minimum Gasteiger partial charge on any atom is -0.493 e. The van der Waals surface area contributed by atoms with E-state index < -0.39 is 0 Å². The molecule has 0 aliphatic carbocycles. The number of hydrogen-bond acceptors (Lipinski definition) is 5. The van der Waals surface area contributed by atoms with Gasteiger partial charge in [0.25, 0.3) is 5.56 Å². The summed E-state index contributed by atoms with van der Waals surface area (Å²) in [6, 6.07) is 9.42. The van der Waals surface area contributed by atoms with Gasteiger partial charge >= 0.3 is 0 Å². The Bertz CT molecular complexity index is 992. The summed E-state index contributed by atoms with van der Waals surface area (Å²) in [5.74, 6) is 1.56. The molecule has 7 heteroatoms. The molecule has 3 aromatic rings. The number of nitrogens with zero attached hydrogens (tertiary/aromatic N) is 3. The van der Waals surface area contributed by atoms with Crippen LogP contribution in [0.5, 0.6) is 11.5 Å². The Morgan fingerprint density at radius 3 is 3.08 bits per heavy atom. The van der Waals surface area contributed by atoms with E-state index in [1.807, 2.05) is 25.1 Å². The molecule has 1 aliphatic rings. The van der Waals surface area contributed by atoms with Crippen LogP contribution in [0.1, 0.15) is 23.4 Å². The molecule has 1 aromatic carbocycles. The van der Waals surface area contributed by atoms with Gasteiger partial charge in [0.1, 0.15) is 0 Å². The Hall–Kier alpha value is -2.80. The Balaban J connectivity index is 1.62. The average molecular weight is 354 g/mol. The van der Waals surface area contributed by atoms with E-state index in [1.54, 1.807) is 13.2 Å². The number of rotatable bonds is 3. The van der Waals surface area contributed by atoms with Gasteiger partial charge in [0.2, 0.25) is 0 Å². The third-order valence-electron chi connectivity index (χ3n) is 4.56. The van der Waals surface area contributed by atoms with Crippen molar-refractivity contribution >= 4 is 5.65 Å². The zero-order chi connectivity index (χ0) is 18.1. The first-order valence-electron chi connectivity index (χ1n) is 8.73. The van der Waals surface area contributed by atoms with Gasteiger partial charge in [-0.1, -0.05) is 12.1 Å². The van der Waals surface area contributed by atoms with Crippen molar-refractivity contribution < 1.29 is 9.47 Å². The minimum atomic E-state index is -0.0875. The number of methoxy groups -OCH3 is 1. The fourth-order valence-electron chi connectivity index (χ4n) is 3.40. The highest BCUT2D eigenvalue weighted by molar-refractivity contribution is 5.46. The van der Waals surface area contributed by atoms with Crippen LogP contribution in [0.2, 0.25) is 0 Å². The summed E-state index contributed by atoms with van der Waals surface area (Å²) in [5.41, 5.74) is 3.34. The average Bonchev–Trinajstić information content (AvgIpc) is 2.97. The number of ether oxygens (including phenoxy) is 2. The monoisotopic (exact) mass is 354 g/mol. The van der Waals surface area contributed by atoms with Crippen LogP contribution in [-0.4, -0.2) is 39.8 Å². The number of H-pyrrole nitrogens is 1. The van der Waals surface area contributed by atoms with E-state index in [0.29, 0.717) is 18.8 Å². The van der Waals surface area contributed by atoms with Crippen LogP contribution >= 0.6 is 0 Å². The summed E-state index contributed by atoms with van der Waals surface area (Å²) < 4.78 is 12.8. The Morgan fingerprint density at radius 2 is 2.23 bits per heavy atom. The topological polar surface area (TPSA) is 71.9 Å². The van der Waals surface area contributed by atoms with E-state index in [0.717, 1.165) is 48.0 Å². The summed E-state index contributed by atoms with van der Waals surface area (Å²) in [4.78, 5) is 19.2. The van der Waals surface area contributed by atoms with Crippen molar-refractivity contribution in [1.82, 2.24) is 19.5 Å². The van der Waals surface area contributed by atoms with Gasteiger partial charge in [-0.3, -0.25) is 14.8 Å². The van der Waals surface area contributed by atoms with Crippen LogP contribution in [0, 0.1) is 6.92 Å². The van der Waals surface area contributed by atoms with Crippen molar-refractivity contribution in [2.45, 2.75) is 26.4 Å². The maximum atomic E-state index is 12.3. The van der Waals surface area contributed by atoms with Gasteiger partial charge in [-0.25, -0.2) is 9.50 Å². The molecule has 2 aromatic heterocycles. The van der Waals surface area contributed by atoms with E-state index in [-0.39, 0.29) is 5.56 Å². The fourth-order valence-corrected chi connectivity index (χ4v) is 3.40. The van der Waals surface area contributed by atoms with Gasteiger partial charge < -0.3 is 9.47 Å². The highest BCUT2D eigenvalue weighted by Gasteiger charge is 2.18. The second-order valence-corrected chi connectivity index (χ2v) is 6.58. The lowest BCUT2D eigenvalue weighted by molar-refractivity contribution is 0.194. The molecule has 4 rings (SSSR count). The van der Waals surface area contributed by atoms with Crippen LogP contribution in [-0.2, 0) is 13.1 Å². The summed E-state index contributed by atoms with van der Waals surface area (Å²) >= 11 is 0. The molecule has 0 bridgehead atoms. The maximum Gasteiger partial charge on any atom is 0.272 e. The van der Waals surface area contributed by atoms with Crippen LogP contribution in [0.4, 0.5) is 0 Å². The Kier molecular flexibility index (Phi) is 4.38. The fraction of sp³-hybridized carbons (Fsp3) is 0.368.